The van der Waals surface area contributed by atoms with Crippen LogP contribution >= 0.6 is 0 Å². The van der Waals surface area contributed by atoms with E-state index in [1.54, 1.807) is 6.07 Å². The predicted octanol–water partition coefficient (Wildman–Crippen LogP) is 2.01. The molecule has 4 nitrogen and oxygen atoms in total. The normalized spacial score (nSPS) is 11.5. The minimum atomic E-state index is -3.94. The number of halogens is 1. The van der Waals surface area contributed by atoms with Crippen LogP contribution in [0.25, 0.3) is 0 Å². The van der Waals surface area contributed by atoms with Crippen LogP contribution in [0.3, 0.4) is 0 Å². The summed E-state index contributed by atoms with van der Waals surface area (Å²) < 4.78 is 39.5. The number of rotatable bonds is 4. The molecule has 0 bridgehead atoms. The molecule has 1 N–H and O–H groups in total. The topological polar surface area (TPSA) is 59.1 Å². The zero-order valence-electron chi connectivity index (χ0n) is 10.3. The van der Waals surface area contributed by atoms with Gasteiger partial charge in [-0.15, -0.1) is 0 Å². The Bertz CT molecular complexity index is 687. The van der Waals surface area contributed by atoms with Gasteiger partial charge in [0.1, 0.15) is 0 Å². The van der Waals surface area contributed by atoms with Gasteiger partial charge in [0.15, 0.2) is 5.82 Å². The molecule has 1 aromatic heterocycles. The smallest absolute Gasteiger partial charge is 0.241 e. The first-order valence-electron chi connectivity index (χ1n) is 5.65. The molecule has 100 valence electrons. The van der Waals surface area contributed by atoms with Crippen LogP contribution in [0.4, 0.5) is 4.39 Å². The highest BCUT2D eigenvalue weighted by Crippen LogP contribution is 2.11. The molecule has 0 unspecified atom stereocenters. The fourth-order valence-electron chi connectivity index (χ4n) is 1.64. The average molecular weight is 280 g/mol. The number of hydrogen-bond acceptors (Lipinski definition) is 3. The Balaban J connectivity index is 2.17. The van der Waals surface area contributed by atoms with Crippen LogP contribution in [-0.4, -0.2) is 13.4 Å². The van der Waals surface area contributed by atoms with Crippen molar-refractivity contribution < 1.29 is 12.8 Å². The Hall–Kier alpha value is -1.79. The molecule has 2 aromatic rings. The van der Waals surface area contributed by atoms with Gasteiger partial charge in [-0.2, -0.15) is 0 Å². The van der Waals surface area contributed by atoms with Gasteiger partial charge in [0.25, 0.3) is 10.0 Å². The lowest BCUT2D eigenvalue weighted by atomic mass is 10.1. The molecule has 0 saturated heterocycles. The summed E-state index contributed by atoms with van der Waals surface area (Å²) >= 11 is 0. The monoisotopic (exact) mass is 280 g/mol. The largest absolute Gasteiger partial charge is 0.261 e. The second-order valence-electron chi connectivity index (χ2n) is 4.10. The van der Waals surface area contributed by atoms with E-state index in [9.17, 15) is 12.8 Å². The maximum atomic E-state index is 13.4. The third-order valence-electron chi connectivity index (χ3n) is 2.53. The van der Waals surface area contributed by atoms with Gasteiger partial charge in [0.2, 0.25) is 5.03 Å². The van der Waals surface area contributed by atoms with Crippen molar-refractivity contribution in [3.05, 3.63) is 59.5 Å². The van der Waals surface area contributed by atoms with Crippen LogP contribution in [0.5, 0.6) is 0 Å². The molecule has 19 heavy (non-hydrogen) atoms. The van der Waals surface area contributed by atoms with Crippen molar-refractivity contribution in [1.29, 1.82) is 0 Å². The van der Waals surface area contributed by atoms with Gasteiger partial charge in [0, 0.05) is 12.7 Å². The molecular weight excluding hydrogens is 267 g/mol. The van der Waals surface area contributed by atoms with E-state index in [0.717, 1.165) is 17.2 Å². The van der Waals surface area contributed by atoms with Crippen molar-refractivity contribution in [3.63, 3.8) is 0 Å². The van der Waals surface area contributed by atoms with Gasteiger partial charge in [-0.05, 0) is 24.6 Å². The van der Waals surface area contributed by atoms with E-state index in [-0.39, 0.29) is 6.54 Å². The Kier molecular flexibility index (Phi) is 3.92. The fourth-order valence-corrected chi connectivity index (χ4v) is 2.66. The second kappa shape index (κ2) is 5.46. The number of nitrogens with zero attached hydrogens (tertiary/aromatic N) is 1. The van der Waals surface area contributed by atoms with Crippen LogP contribution in [0, 0.1) is 12.7 Å². The number of sulfonamides is 1. The minimum absolute atomic E-state index is 0.0972. The first kappa shape index (κ1) is 13.6. The van der Waals surface area contributed by atoms with Crippen molar-refractivity contribution in [2.45, 2.75) is 18.5 Å². The lowest BCUT2D eigenvalue weighted by Gasteiger charge is -2.07. The molecule has 0 aliphatic heterocycles. The summed E-state index contributed by atoms with van der Waals surface area (Å²) in [7, 11) is -3.94. The van der Waals surface area contributed by atoms with Crippen LogP contribution in [0.1, 0.15) is 11.1 Å². The van der Waals surface area contributed by atoms with Gasteiger partial charge < -0.3 is 0 Å². The summed E-state index contributed by atoms with van der Waals surface area (Å²) in [5, 5.41) is -0.581. The average Bonchev–Trinajstić information content (AvgIpc) is 2.37. The molecule has 1 heterocycles. The highest BCUT2D eigenvalue weighted by atomic mass is 32.2. The summed E-state index contributed by atoms with van der Waals surface area (Å²) in [5.41, 5.74) is 1.83. The van der Waals surface area contributed by atoms with Crippen LogP contribution in [0.15, 0.2) is 47.6 Å². The van der Waals surface area contributed by atoms with Gasteiger partial charge >= 0.3 is 0 Å². The third kappa shape index (κ3) is 3.36. The molecule has 0 spiro atoms. The molecule has 2 rings (SSSR count). The fraction of sp³-hybridized carbons (Fsp3) is 0.154. The van der Waals surface area contributed by atoms with Gasteiger partial charge in [-0.3, -0.25) is 0 Å². The van der Waals surface area contributed by atoms with Crippen molar-refractivity contribution in [2.24, 2.45) is 0 Å². The van der Waals surface area contributed by atoms with Gasteiger partial charge in [0.05, 0.1) is 0 Å². The van der Waals surface area contributed by atoms with E-state index < -0.39 is 20.9 Å². The van der Waals surface area contributed by atoms with E-state index >= 15 is 0 Å². The Morgan fingerprint density at radius 2 is 2.05 bits per heavy atom. The summed E-state index contributed by atoms with van der Waals surface area (Å²) in [5.74, 6) is -0.862. The quantitative estimate of drug-likeness (QED) is 0.932. The summed E-state index contributed by atoms with van der Waals surface area (Å²) in [6, 6.07) is 9.81. The number of benzene rings is 1. The van der Waals surface area contributed by atoms with Crippen molar-refractivity contribution in [3.8, 4) is 0 Å². The number of nitrogens with one attached hydrogen (secondary N) is 1. The maximum Gasteiger partial charge on any atom is 0.261 e. The zero-order chi connectivity index (χ0) is 13.9. The SMILES string of the molecule is Cc1cccc(CNS(=O)(=O)c2ncccc2F)c1. The molecule has 6 heteroatoms. The lowest BCUT2D eigenvalue weighted by molar-refractivity contribution is 0.544. The lowest BCUT2D eigenvalue weighted by Crippen LogP contribution is -2.25. The van der Waals surface area contributed by atoms with Gasteiger partial charge in [-0.1, -0.05) is 29.8 Å². The van der Waals surface area contributed by atoms with E-state index in [0.29, 0.717) is 0 Å². The van der Waals surface area contributed by atoms with E-state index in [4.69, 9.17) is 0 Å². The summed E-state index contributed by atoms with van der Waals surface area (Å²) in [4.78, 5) is 3.55. The number of hydrogen-bond donors (Lipinski definition) is 1. The molecule has 1 aromatic carbocycles. The molecular formula is C13H13FN2O2S. The van der Waals surface area contributed by atoms with Crippen LogP contribution in [0.2, 0.25) is 0 Å². The van der Waals surface area contributed by atoms with E-state index in [2.05, 4.69) is 9.71 Å². The van der Waals surface area contributed by atoms with Crippen LogP contribution < -0.4 is 4.72 Å². The molecule has 0 fully saturated rings. The molecule has 0 amide bonds. The van der Waals surface area contributed by atoms with E-state index in [1.807, 2.05) is 25.1 Å². The molecule has 0 atom stereocenters. The third-order valence-corrected chi connectivity index (χ3v) is 3.86. The first-order chi connectivity index (χ1) is 8.99. The highest BCUT2D eigenvalue weighted by Gasteiger charge is 2.19. The standard InChI is InChI=1S/C13H13FN2O2S/c1-10-4-2-5-11(8-10)9-16-19(17,18)13-12(14)6-3-7-15-13/h2-8,16H,9H2,1H3. The Labute approximate surface area is 111 Å². The summed E-state index contributed by atoms with van der Waals surface area (Å²) in [6.07, 6.45) is 1.24. The predicted molar refractivity (Wildman–Crippen MR) is 69.4 cm³/mol. The Morgan fingerprint density at radius 3 is 2.74 bits per heavy atom. The van der Waals surface area contributed by atoms with Crippen molar-refractivity contribution >= 4 is 10.0 Å². The molecule has 0 radical (unpaired) electrons. The first-order valence-corrected chi connectivity index (χ1v) is 7.13. The molecule has 0 aliphatic carbocycles. The van der Waals surface area contributed by atoms with Crippen molar-refractivity contribution in [2.75, 3.05) is 0 Å². The molecule has 0 aliphatic rings. The maximum absolute atomic E-state index is 13.4. The summed E-state index contributed by atoms with van der Waals surface area (Å²) in [6.45, 7) is 2.01. The number of aromatic nitrogens is 1. The minimum Gasteiger partial charge on any atom is -0.241 e. The Morgan fingerprint density at radius 1 is 1.26 bits per heavy atom. The number of pyridine rings is 1. The van der Waals surface area contributed by atoms with Crippen molar-refractivity contribution in [1.82, 2.24) is 9.71 Å². The zero-order valence-corrected chi connectivity index (χ0v) is 11.1. The van der Waals surface area contributed by atoms with Crippen LogP contribution in [-0.2, 0) is 16.6 Å². The highest BCUT2D eigenvalue weighted by molar-refractivity contribution is 7.89. The van der Waals surface area contributed by atoms with E-state index in [1.165, 1.54) is 12.3 Å². The number of aryl methyl sites for hydroxylation is 1. The van der Waals surface area contributed by atoms with Gasteiger partial charge in [-0.25, -0.2) is 22.5 Å². The molecule has 0 saturated carbocycles. The second-order valence-corrected chi connectivity index (χ2v) is 5.79.